The van der Waals surface area contributed by atoms with Crippen LogP contribution < -0.4 is 5.73 Å². The van der Waals surface area contributed by atoms with Crippen LogP contribution in [0.5, 0.6) is 0 Å². The lowest BCUT2D eigenvalue weighted by atomic mass is 10.0. The van der Waals surface area contributed by atoms with E-state index in [2.05, 4.69) is 17.0 Å². The highest BCUT2D eigenvalue weighted by Gasteiger charge is 2.30. The van der Waals surface area contributed by atoms with Gasteiger partial charge in [0, 0.05) is 12.6 Å². The number of hydrogen-bond donors (Lipinski definition) is 2. The van der Waals surface area contributed by atoms with E-state index in [9.17, 15) is 4.79 Å². The Hall–Kier alpha value is -1.39. The van der Waals surface area contributed by atoms with Crippen LogP contribution in [-0.4, -0.2) is 34.6 Å². The Morgan fingerprint density at radius 3 is 2.74 bits per heavy atom. The van der Waals surface area contributed by atoms with Gasteiger partial charge in [-0.05, 0) is 24.9 Å². The number of hydrogen-bond acceptors (Lipinski definition) is 3. The van der Waals surface area contributed by atoms with E-state index in [0.29, 0.717) is 0 Å². The molecule has 3 N–H and O–H groups in total. The zero-order valence-electron chi connectivity index (χ0n) is 11.2. The van der Waals surface area contributed by atoms with Gasteiger partial charge in [0.2, 0.25) is 0 Å². The minimum Gasteiger partial charge on any atom is -0.480 e. The van der Waals surface area contributed by atoms with Gasteiger partial charge in [-0.2, -0.15) is 0 Å². The second kappa shape index (κ2) is 6.68. The van der Waals surface area contributed by atoms with Crippen LogP contribution in [0.4, 0.5) is 0 Å². The van der Waals surface area contributed by atoms with E-state index in [1.54, 1.807) is 0 Å². The number of carboxylic acids is 1. The summed E-state index contributed by atoms with van der Waals surface area (Å²) in [4.78, 5) is 13.4. The number of nitrogens with zero attached hydrogens (tertiary/aromatic N) is 1. The predicted molar refractivity (Wildman–Crippen MR) is 74.7 cm³/mol. The van der Waals surface area contributed by atoms with Gasteiger partial charge in [-0.25, -0.2) is 0 Å². The fraction of sp³-hybridized carbons (Fsp3) is 0.533. The van der Waals surface area contributed by atoms with Crippen molar-refractivity contribution in [2.45, 2.75) is 44.3 Å². The standard InChI is InChI=1S/C15H22N2O2/c16-14(15(18)19)13-9-5-2-6-10-17(13)11-12-7-3-1-4-8-12/h1,3-4,7-8,13-14H,2,5-6,9-11,16H2,(H,18,19). The van der Waals surface area contributed by atoms with Gasteiger partial charge in [0.15, 0.2) is 0 Å². The van der Waals surface area contributed by atoms with E-state index in [1.807, 2.05) is 18.2 Å². The maximum Gasteiger partial charge on any atom is 0.322 e. The molecule has 0 aliphatic carbocycles. The van der Waals surface area contributed by atoms with Crippen molar-refractivity contribution in [3.05, 3.63) is 35.9 Å². The third-order valence-corrected chi connectivity index (χ3v) is 3.84. The first-order valence-electron chi connectivity index (χ1n) is 6.95. The number of benzene rings is 1. The molecule has 0 bridgehead atoms. The van der Waals surface area contributed by atoms with Gasteiger partial charge >= 0.3 is 5.97 Å². The Kier molecular flexibility index (Phi) is 4.93. The van der Waals surface area contributed by atoms with Crippen LogP contribution in [0.25, 0.3) is 0 Å². The monoisotopic (exact) mass is 262 g/mol. The molecule has 1 aliphatic heterocycles. The van der Waals surface area contributed by atoms with Gasteiger partial charge in [-0.3, -0.25) is 9.69 Å². The van der Waals surface area contributed by atoms with Crippen LogP contribution in [0.2, 0.25) is 0 Å². The summed E-state index contributed by atoms with van der Waals surface area (Å²) in [5, 5.41) is 9.16. The van der Waals surface area contributed by atoms with Gasteiger partial charge in [-0.1, -0.05) is 43.2 Å². The number of carboxylic acid groups (broad SMARTS) is 1. The maximum absolute atomic E-state index is 11.2. The van der Waals surface area contributed by atoms with Crippen LogP contribution in [0.3, 0.4) is 0 Å². The number of likely N-dealkylation sites (tertiary alicyclic amines) is 1. The molecular weight excluding hydrogens is 240 g/mol. The molecule has 0 saturated carbocycles. The molecule has 0 amide bonds. The summed E-state index contributed by atoms with van der Waals surface area (Å²) in [6.45, 7) is 1.72. The number of aliphatic carboxylic acids is 1. The molecule has 4 nitrogen and oxygen atoms in total. The topological polar surface area (TPSA) is 66.6 Å². The zero-order chi connectivity index (χ0) is 13.7. The first-order valence-corrected chi connectivity index (χ1v) is 6.95. The molecule has 1 aromatic carbocycles. The highest BCUT2D eigenvalue weighted by Crippen LogP contribution is 2.21. The van der Waals surface area contributed by atoms with Crippen molar-refractivity contribution < 1.29 is 9.90 Å². The first kappa shape index (κ1) is 14.0. The Bertz CT molecular complexity index is 408. The third kappa shape index (κ3) is 3.78. The van der Waals surface area contributed by atoms with E-state index < -0.39 is 12.0 Å². The second-order valence-corrected chi connectivity index (χ2v) is 5.24. The van der Waals surface area contributed by atoms with Crippen LogP contribution >= 0.6 is 0 Å². The lowest BCUT2D eigenvalue weighted by Gasteiger charge is -2.32. The van der Waals surface area contributed by atoms with E-state index in [1.165, 1.54) is 5.56 Å². The van der Waals surface area contributed by atoms with Gasteiger partial charge in [0.05, 0.1) is 0 Å². The molecule has 1 heterocycles. The fourth-order valence-electron chi connectivity index (χ4n) is 2.78. The Balaban J connectivity index is 2.11. The van der Waals surface area contributed by atoms with Crippen molar-refractivity contribution >= 4 is 5.97 Å². The molecule has 2 atom stereocenters. The summed E-state index contributed by atoms with van der Waals surface area (Å²) in [5.41, 5.74) is 7.08. The van der Waals surface area contributed by atoms with Gasteiger partial charge in [0.25, 0.3) is 0 Å². The zero-order valence-corrected chi connectivity index (χ0v) is 11.2. The normalized spacial score (nSPS) is 22.7. The first-order chi connectivity index (χ1) is 9.18. The van der Waals surface area contributed by atoms with Crippen LogP contribution in [0.15, 0.2) is 30.3 Å². The maximum atomic E-state index is 11.2. The molecule has 1 fully saturated rings. The van der Waals surface area contributed by atoms with E-state index in [-0.39, 0.29) is 6.04 Å². The van der Waals surface area contributed by atoms with Crippen molar-refractivity contribution in [2.75, 3.05) is 6.54 Å². The second-order valence-electron chi connectivity index (χ2n) is 5.24. The molecule has 0 spiro atoms. The van der Waals surface area contributed by atoms with Crippen molar-refractivity contribution in [1.82, 2.24) is 4.90 Å². The molecule has 19 heavy (non-hydrogen) atoms. The molecule has 0 aromatic heterocycles. The van der Waals surface area contributed by atoms with Crippen LogP contribution in [0, 0.1) is 0 Å². The summed E-state index contributed by atoms with van der Waals surface area (Å²) in [6.07, 6.45) is 4.22. The average Bonchev–Trinajstić information content (AvgIpc) is 2.64. The molecule has 4 heteroatoms. The van der Waals surface area contributed by atoms with Crippen LogP contribution in [-0.2, 0) is 11.3 Å². The van der Waals surface area contributed by atoms with Gasteiger partial charge < -0.3 is 10.8 Å². The number of carbonyl (C=O) groups is 1. The Morgan fingerprint density at radius 2 is 2.05 bits per heavy atom. The summed E-state index contributed by atoms with van der Waals surface area (Å²) >= 11 is 0. The van der Waals surface area contributed by atoms with Gasteiger partial charge in [0.1, 0.15) is 6.04 Å². The summed E-state index contributed by atoms with van der Waals surface area (Å²) < 4.78 is 0. The van der Waals surface area contributed by atoms with E-state index >= 15 is 0 Å². The molecular formula is C15H22N2O2. The smallest absolute Gasteiger partial charge is 0.322 e. The fourth-order valence-corrected chi connectivity index (χ4v) is 2.78. The Morgan fingerprint density at radius 1 is 1.32 bits per heavy atom. The molecule has 104 valence electrons. The largest absolute Gasteiger partial charge is 0.480 e. The predicted octanol–water partition coefficient (Wildman–Crippen LogP) is 1.84. The number of rotatable bonds is 4. The summed E-state index contributed by atoms with van der Waals surface area (Å²) in [5.74, 6) is -0.898. The van der Waals surface area contributed by atoms with Crippen molar-refractivity contribution in [2.24, 2.45) is 5.73 Å². The average molecular weight is 262 g/mol. The molecule has 1 aromatic rings. The van der Waals surface area contributed by atoms with Gasteiger partial charge in [-0.15, -0.1) is 0 Å². The van der Waals surface area contributed by atoms with E-state index in [0.717, 1.165) is 38.8 Å². The van der Waals surface area contributed by atoms with Crippen molar-refractivity contribution in [3.8, 4) is 0 Å². The number of nitrogens with two attached hydrogens (primary N) is 1. The minimum absolute atomic E-state index is 0.0554. The lowest BCUT2D eigenvalue weighted by Crippen LogP contribution is -2.51. The molecule has 1 saturated heterocycles. The summed E-state index contributed by atoms with van der Waals surface area (Å²) in [6, 6.07) is 9.33. The minimum atomic E-state index is -0.898. The summed E-state index contributed by atoms with van der Waals surface area (Å²) in [7, 11) is 0. The lowest BCUT2D eigenvalue weighted by molar-refractivity contribution is -0.140. The molecule has 1 aliphatic rings. The highest BCUT2D eigenvalue weighted by atomic mass is 16.4. The van der Waals surface area contributed by atoms with Crippen molar-refractivity contribution in [3.63, 3.8) is 0 Å². The Labute approximate surface area is 114 Å². The van der Waals surface area contributed by atoms with Crippen molar-refractivity contribution in [1.29, 1.82) is 0 Å². The van der Waals surface area contributed by atoms with E-state index in [4.69, 9.17) is 10.8 Å². The highest BCUT2D eigenvalue weighted by molar-refractivity contribution is 5.74. The molecule has 2 rings (SSSR count). The molecule has 2 unspecified atom stereocenters. The quantitative estimate of drug-likeness (QED) is 0.869. The SMILES string of the molecule is NC(C(=O)O)C1CCCCCN1Cc1ccccc1. The third-order valence-electron chi connectivity index (χ3n) is 3.84. The molecule has 0 radical (unpaired) electrons. The van der Waals surface area contributed by atoms with Crippen LogP contribution in [0.1, 0.15) is 31.2 Å².